The monoisotopic (exact) mass is 678 g/mol. The van der Waals surface area contributed by atoms with Crippen molar-refractivity contribution in [3.05, 3.63) is 92.0 Å². The standard InChI is InChI=1S/C31H36Cl2N4O7S/c1-5-7-16-34-31(39)26(6-2)35(19-22-9-11-23(32)12-10-22)30(38)20-36(28-17-24(33)13-15-29(28)44-4)45(42,43)25-14-8-21(3)27(18-25)37(40)41/h8-15,17-18,26H,5-7,16,19-20H2,1-4H3,(H,34,39)/t26-/m0/s1. The first-order valence-corrected chi connectivity index (χ1v) is 16.5. The fourth-order valence-corrected chi connectivity index (χ4v) is 6.39. The van der Waals surface area contributed by atoms with E-state index in [0.717, 1.165) is 23.2 Å². The first-order chi connectivity index (χ1) is 21.3. The third-order valence-corrected chi connectivity index (χ3v) is 9.38. The number of nitrogens with zero attached hydrogens (tertiary/aromatic N) is 3. The number of nitrogens with one attached hydrogen (secondary N) is 1. The van der Waals surface area contributed by atoms with Crippen molar-refractivity contribution in [2.45, 2.75) is 57.5 Å². The van der Waals surface area contributed by atoms with Gasteiger partial charge in [0.15, 0.2) is 0 Å². The SMILES string of the molecule is CCCCNC(=O)[C@H](CC)N(Cc1ccc(Cl)cc1)C(=O)CN(c1cc(Cl)ccc1OC)S(=O)(=O)c1ccc(C)c([N+](=O)[O-])c1. The summed E-state index contributed by atoms with van der Waals surface area (Å²) in [6, 6.07) is 13.6. The van der Waals surface area contributed by atoms with E-state index in [0.29, 0.717) is 17.1 Å². The predicted molar refractivity (Wildman–Crippen MR) is 174 cm³/mol. The minimum Gasteiger partial charge on any atom is -0.495 e. The fraction of sp³-hybridized carbons (Fsp3) is 0.355. The van der Waals surface area contributed by atoms with Gasteiger partial charge in [-0.15, -0.1) is 0 Å². The highest BCUT2D eigenvalue weighted by Gasteiger charge is 2.35. The molecule has 0 aromatic heterocycles. The van der Waals surface area contributed by atoms with Crippen LogP contribution in [0.25, 0.3) is 0 Å². The van der Waals surface area contributed by atoms with Crippen LogP contribution in [-0.2, 0) is 26.2 Å². The van der Waals surface area contributed by atoms with E-state index in [1.807, 2.05) is 6.92 Å². The third-order valence-electron chi connectivity index (χ3n) is 7.14. The summed E-state index contributed by atoms with van der Waals surface area (Å²) in [5, 5.41) is 15.2. The lowest BCUT2D eigenvalue weighted by atomic mass is 10.1. The van der Waals surface area contributed by atoms with Crippen LogP contribution in [0, 0.1) is 17.0 Å². The molecule has 0 saturated carbocycles. The van der Waals surface area contributed by atoms with Gasteiger partial charge in [0.1, 0.15) is 18.3 Å². The number of sulfonamides is 1. The minimum absolute atomic E-state index is 0.0215. The van der Waals surface area contributed by atoms with E-state index in [1.165, 1.54) is 49.3 Å². The Morgan fingerprint density at radius 2 is 1.69 bits per heavy atom. The van der Waals surface area contributed by atoms with E-state index in [9.17, 15) is 28.1 Å². The van der Waals surface area contributed by atoms with Gasteiger partial charge in [0.2, 0.25) is 11.8 Å². The number of nitro benzene ring substituents is 1. The average molecular weight is 680 g/mol. The first-order valence-electron chi connectivity index (χ1n) is 14.3. The Hall–Kier alpha value is -3.87. The van der Waals surface area contributed by atoms with Gasteiger partial charge in [0.05, 0.1) is 22.6 Å². The van der Waals surface area contributed by atoms with E-state index < -0.39 is 44.0 Å². The smallest absolute Gasteiger partial charge is 0.273 e. The second-order valence-corrected chi connectivity index (χ2v) is 13.0. The molecule has 0 bridgehead atoms. The fourth-order valence-electron chi connectivity index (χ4n) is 4.66. The molecule has 242 valence electrons. The maximum absolute atomic E-state index is 14.3. The Labute approximate surface area is 273 Å². The molecule has 45 heavy (non-hydrogen) atoms. The number of hydrogen-bond acceptors (Lipinski definition) is 7. The van der Waals surface area contributed by atoms with E-state index in [-0.39, 0.29) is 40.9 Å². The molecule has 0 heterocycles. The molecule has 14 heteroatoms. The lowest BCUT2D eigenvalue weighted by Crippen LogP contribution is -2.52. The summed E-state index contributed by atoms with van der Waals surface area (Å²) in [6.45, 7) is 4.86. The predicted octanol–water partition coefficient (Wildman–Crippen LogP) is 6.14. The number of carbonyl (C=O) groups excluding carboxylic acids is 2. The lowest BCUT2D eigenvalue weighted by Gasteiger charge is -2.33. The van der Waals surface area contributed by atoms with Gasteiger partial charge in [-0.1, -0.05) is 61.7 Å². The number of aryl methyl sites for hydroxylation is 1. The number of methoxy groups -OCH3 is 1. The number of benzene rings is 3. The van der Waals surface area contributed by atoms with Gasteiger partial charge < -0.3 is 15.0 Å². The number of rotatable bonds is 15. The van der Waals surface area contributed by atoms with E-state index in [4.69, 9.17) is 27.9 Å². The highest BCUT2D eigenvalue weighted by atomic mass is 35.5. The van der Waals surface area contributed by atoms with Crippen molar-refractivity contribution in [3.63, 3.8) is 0 Å². The van der Waals surface area contributed by atoms with Crippen LogP contribution in [0.15, 0.2) is 65.6 Å². The summed E-state index contributed by atoms with van der Waals surface area (Å²) in [4.78, 5) is 39.5. The molecule has 3 aromatic carbocycles. The van der Waals surface area contributed by atoms with Gasteiger partial charge >= 0.3 is 0 Å². The zero-order valence-corrected chi connectivity index (χ0v) is 27.8. The van der Waals surface area contributed by atoms with Crippen molar-refractivity contribution in [2.24, 2.45) is 0 Å². The molecule has 3 rings (SSSR count). The first kappa shape index (κ1) is 35.6. The maximum Gasteiger partial charge on any atom is 0.273 e. The molecule has 0 saturated heterocycles. The van der Waals surface area contributed by atoms with E-state index in [1.54, 1.807) is 31.2 Å². The van der Waals surface area contributed by atoms with Crippen LogP contribution in [0.1, 0.15) is 44.2 Å². The van der Waals surface area contributed by atoms with Crippen molar-refractivity contribution in [3.8, 4) is 5.75 Å². The normalized spacial score (nSPS) is 11.9. The van der Waals surface area contributed by atoms with Crippen molar-refractivity contribution in [2.75, 3.05) is 24.5 Å². The number of nitro groups is 1. The van der Waals surface area contributed by atoms with Crippen molar-refractivity contribution < 1.29 is 27.7 Å². The number of carbonyl (C=O) groups is 2. The Morgan fingerprint density at radius 3 is 2.29 bits per heavy atom. The molecule has 11 nitrogen and oxygen atoms in total. The van der Waals surface area contributed by atoms with Crippen LogP contribution in [0.3, 0.4) is 0 Å². The molecule has 0 unspecified atom stereocenters. The molecule has 0 radical (unpaired) electrons. The molecule has 0 aliphatic carbocycles. The minimum atomic E-state index is -4.63. The summed E-state index contributed by atoms with van der Waals surface area (Å²) < 4.78 is 34.7. The Balaban J connectivity index is 2.16. The average Bonchev–Trinajstić information content (AvgIpc) is 3.00. The molecule has 0 fully saturated rings. The van der Waals surface area contributed by atoms with Crippen LogP contribution >= 0.6 is 23.2 Å². The third kappa shape index (κ3) is 8.86. The maximum atomic E-state index is 14.3. The van der Waals surface area contributed by atoms with Crippen LogP contribution in [0.5, 0.6) is 5.75 Å². The Bertz CT molecular complexity index is 1640. The van der Waals surface area contributed by atoms with Crippen molar-refractivity contribution in [1.29, 1.82) is 0 Å². The lowest BCUT2D eigenvalue weighted by molar-refractivity contribution is -0.385. The van der Waals surface area contributed by atoms with Gasteiger partial charge in [0.25, 0.3) is 15.7 Å². The molecule has 1 atom stereocenters. The topological polar surface area (TPSA) is 139 Å². The highest BCUT2D eigenvalue weighted by Crippen LogP contribution is 2.36. The van der Waals surface area contributed by atoms with Crippen molar-refractivity contribution in [1.82, 2.24) is 10.2 Å². The van der Waals surface area contributed by atoms with Gasteiger partial charge in [-0.2, -0.15) is 0 Å². The summed E-state index contributed by atoms with van der Waals surface area (Å²) in [5.74, 6) is -0.988. The summed E-state index contributed by atoms with van der Waals surface area (Å²) >= 11 is 12.3. The Morgan fingerprint density at radius 1 is 1.02 bits per heavy atom. The number of anilines is 1. The number of hydrogen-bond donors (Lipinski definition) is 1. The number of unbranched alkanes of at least 4 members (excludes halogenated alkanes) is 1. The molecule has 0 aliphatic rings. The van der Waals surface area contributed by atoms with Crippen LogP contribution in [-0.4, -0.2) is 56.3 Å². The molecule has 0 spiro atoms. The van der Waals surface area contributed by atoms with Gasteiger partial charge in [-0.05, 0) is 61.7 Å². The number of halogens is 2. The molecule has 3 aromatic rings. The second kappa shape index (κ2) is 15.9. The number of amides is 2. The highest BCUT2D eigenvalue weighted by molar-refractivity contribution is 7.92. The van der Waals surface area contributed by atoms with Crippen molar-refractivity contribution >= 4 is 56.4 Å². The van der Waals surface area contributed by atoms with Crippen LogP contribution in [0.2, 0.25) is 10.0 Å². The molecule has 2 amide bonds. The molecule has 1 N–H and O–H groups in total. The quantitative estimate of drug-likeness (QED) is 0.116. The van der Waals surface area contributed by atoms with Gasteiger partial charge in [-0.3, -0.25) is 24.0 Å². The van der Waals surface area contributed by atoms with Crippen LogP contribution in [0.4, 0.5) is 11.4 Å². The second-order valence-electron chi connectivity index (χ2n) is 10.2. The Kier molecular flexibility index (Phi) is 12.6. The summed E-state index contributed by atoms with van der Waals surface area (Å²) in [7, 11) is -3.30. The zero-order chi connectivity index (χ0) is 33.3. The molecule has 0 aliphatic heterocycles. The zero-order valence-electron chi connectivity index (χ0n) is 25.5. The van der Waals surface area contributed by atoms with Crippen LogP contribution < -0.4 is 14.4 Å². The summed E-state index contributed by atoms with van der Waals surface area (Å²) in [6.07, 6.45) is 1.85. The largest absolute Gasteiger partial charge is 0.495 e. The van der Waals surface area contributed by atoms with Gasteiger partial charge in [-0.25, -0.2) is 8.42 Å². The summed E-state index contributed by atoms with van der Waals surface area (Å²) in [5.41, 5.74) is 0.459. The van der Waals surface area contributed by atoms with E-state index >= 15 is 0 Å². The number of ether oxygens (including phenoxy) is 1. The van der Waals surface area contributed by atoms with Gasteiger partial charge in [0, 0.05) is 34.8 Å². The van der Waals surface area contributed by atoms with E-state index in [2.05, 4.69) is 5.32 Å². The molecular weight excluding hydrogens is 643 g/mol. The molecular formula is C31H36Cl2N4O7S.